The van der Waals surface area contributed by atoms with E-state index in [-0.39, 0.29) is 5.91 Å². The average Bonchev–Trinajstić information content (AvgIpc) is 3.31. The van der Waals surface area contributed by atoms with Gasteiger partial charge in [-0.2, -0.15) is 0 Å². The second kappa shape index (κ2) is 6.38. The van der Waals surface area contributed by atoms with Gasteiger partial charge in [0.15, 0.2) is 5.82 Å². The van der Waals surface area contributed by atoms with Gasteiger partial charge in [-0.3, -0.25) is 4.79 Å². The fraction of sp³-hybridized carbons (Fsp3) is 0.150. The van der Waals surface area contributed by atoms with Crippen LogP contribution in [-0.2, 0) is 10.2 Å². The first-order valence-corrected chi connectivity index (χ1v) is 9.23. The van der Waals surface area contributed by atoms with Crippen LogP contribution < -0.4 is 5.32 Å². The normalized spacial score (nSPS) is 11.6. The van der Waals surface area contributed by atoms with Crippen LogP contribution >= 0.6 is 11.3 Å². The maximum Gasteiger partial charge on any atom is 0.234 e. The lowest BCUT2D eigenvalue weighted by Crippen LogP contribution is -2.34. The molecule has 0 aliphatic carbocycles. The predicted molar refractivity (Wildman–Crippen MR) is 105 cm³/mol. The Labute approximate surface area is 155 Å². The molecule has 1 amide bonds. The number of amides is 1. The first-order chi connectivity index (χ1) is 12.5. The van der Waals surface area contributed by atoms with Crippen LogP contribution in [0.15, 0.2) is 59.4 Å². The van der Waals surface area contributed by atoms with E-state index in [1.165, 1.54) is 11.3 Å². The number of H-pyrrole nitrogens is 1. The maximum atomic E-state index is 12.8. The molecule has 6 heteroatoms. The number of carbonyl (C=O) groups excluding carboxylic acids is 1. The minimum absolute atomic E-state index is 0.0534. The number of carbonyl (C=O) groups is 1. The number of fused-ring (bicyclic) bond motifs is 1. The number of aromatic nitrogens is 3. The number of aromatic amines is 1. The number of benzene rings is 2. The lowest BCUT2D eigenvalue weighted by atomic mass is 9.83. The second-order valence-corrected chi connectivity index (χ2v) is 7.35. The predicted octanol–water partition coefficient (Wildman–Crippen LogP) is 4.60. The summed E-state index contributed by atoms with van der Waals surface area (Å²) in [4.78, 5) is 24.9. The van der Waals surface area contributed by atoms with Crippen LogP contribution in [0.5, 0.6) is 0 Å². The van der Waals surface area contributed by atoms with E-state index in [0.29, 0.717) is 0 Å². The molecule has 2 aromatic heterocycles. The number of thiazole rings is 1. The van der Waals surface area contributed by atoms with Crippen molar-refractivity contribution in [1.82, 2.24) is 15.0 Å². The van der Waals surface area contributed by atoms with E-state index in [1.54, 1.807) is 5.51 Å². The molecule has 0 unspecified atom stereocenters. The molecular weight excluding hydrogens is 344 g/mol. The van der Waals surface area contributed by atoms with Gasteiger partial charge in [0.1, 0.15) is 5.69 Å². The van der Waals surface area contributed by atoms with Gasteiger partial charge in [-0.25, -0.2) is 9.97 Å². The van der Waals surface area contributed by atoms with Crippen molar-refractivity contribution in [3.63, 3.8) is 0 Å². The Morgan fingerprint density at radius 3 is 2.69 bits per heavy atom. The third-order valence-electron chi connectivity index (χ3n) is 4.48. The summed E-state index contributed by atoms with van der Waals surface area (Å²) in [6.07, 6.45) is 0. The largest absolute Gasteiger partial charge is 0.337 e. The van der Waals surface area contributed by atoms with Gasteiger partial charge in [-0.05, 0) is 37.6 Å². The summed E-state index contributed by atoms with van der Waals surface area (Å²) in [5.74, 6) is 0.677. The third kappa shape index (κ3) is 2.99. The number of nitrogens with zero attached hydrogens (tertiary/aromatic N) is 2. The molecule has 0 radical (unpaired) electrons. The summed E-state index contributed by atoms with van der Waals surface area (Å²) in [5, 5.41) is 4.96. The van der Waals surface area contributed by atoms with Crippen LogP contribution in [0.25, 0.3) is 22.6 Å². The van der Waals surface area contributed by atoms with Crippen molar-refractivity contribution in [3.8, 4) is 11.5 Å². The smallest absolute Gasteiger partial charge is 0.234 e. The minimum atomic E-state index is -0.629. The Morgan fingerprint density at radius 1 is 1.15 bits per heavy atom. The Balaban J connectivity index is 1.60. The number of hydrogen-bond donors (Lipinski definition) is 2. The van der Waals surface area contributed by atoms with E-state index in [9.17, 15) is 4.79 Å². The zero-order chi connectivity index (χ0) is 18.1. The standard InChI is InChI=1S/C20H18N4OS/c1-20(2,13-6-4-3-5-7-13)19(25)22-14-8-9-15-16(10-14)24-18(23-15)17-11-26-12-21-17/h3-12H,1-2H3,(H,22,25)(H,23,24). The Hall–Kier alpha value is -2.99. The molecule has 2 N–H and O–H groups in total. The van der Waals surface area contributed by atoms with Crippen LogP contribution in [-0.4, -0.2) is 20.9 Å². The molecule has 0 saturated carbocycles. The van der Waals surface area contributed by atoms with Gasteiger partial charge in [0.05, 0.1) is 22.0 Å². The van der Waals surface area contributed by atoms with Crippen molar-refractivity contribution in [2.75, 3.05) is 5.32 Å². The fourth-order valence-corrected chi connectivity index (χ4v) is 3.35. The molecule has 130 valence electrons. The quantitative estimate of drug-likeness (QED) is 0.557. The molecule has 2 heterocycles. The molecule has 0 bridgehead atoms. The SMILES string of the molecule is CC(C)(C(=O)Nc1ccc2nc(-c3cscn3)[nH]c2c1)c1ccccc1. The zero-order valence-electron chi connectivity index (χ0n) is 14.5. The number of anilines is 1. The minimum Gasteiger partial charge on any atom is -0.337 e. The van der Waals surface area contributed by atoms with Crippen LogP contribution in [0.2, 0.25) is 0 Å². The first-order valence-electron chi connectivity index (χ1n) is 8.29. The first kappa shape index (κ1) is 16.5. The van der Waals surface area contributed by atoms with Crippen LogP contribution in [0, 0.1) is 0 Å². The van der Waals surface area contributed by atoms with Crippen LogP contribution in [0.3, 0.4) is 0 Å². The molecular formula is C20H18N4OS. The summed E-state index contributed by atoms with van der Waals surface area (Å²) < 4.78 is 0. The van der Waals surface area contributed by atoms with Crippen molar-refractivity contribution in [2.45, 2.75) is 19.3 Å². The number of hydrogen-bond acceptors (Lipinski definition) is 4. The van der Waals surface area contributed by atoms with Gasteiger partial charge >= 0.3 is 0 Å². The maximum absolute atomic E-state index is 12.8. The average molecular weight is 362 g/mol. The lowest BCUT2D eigenvalue weighted by molar-refractivity contribution is -0.120. The highest BCUT2D eigenvalue weighted by Crippen LogP contribution is 2.27. The molecule has 0 aliphatic heterocycles. The van der Waals surface area contributed by atoms with E-state index in [1.807, 2.05) is 67.8 Å². The van der Waals surface area contributed by atoms with Crippen molar-refractivity contribution in [2.24, 2.45) is 0 Å². The highest BCUT2D eigenvalue weighted by molar-refractivity contribution is 7.07. The van der Waals surface area contributed by atoms with Gasteiger partial charge in [-0.1, -0.05) is 30.3 Å². The van der Waals surface area contributed by atoms with E-state index in [0.717, 1.165) is 33.8 Å². The van der Waals surface area contributed by atoms with Crippen molar-refractivity contribution in [1.29, 1.82) is 0 Å². The summed E-state index contributed by atoms with van der Waals surface area (Å²) >= 11 is 1.53. The third-order valence-corrected chi connectivity index (χ3v) is 5.06. The van der Waals surface area contributed by atoms with Gasteiger partial charge in [0.2, 0.25) is 5.91 Å². The Bertz CT molecular complexity index is 1050. The molecule has 5 nitrogen and oxygen atoms in total. The van der Waals surface area contributed by atoms with Crippen molar-refractivity contribution in [3.05, 3.63) is 65.0 Å². The molecule has 2 aromatic carbocycles. The molecule has 0 spiro atoms. The topological polar surface area (TPSA) is 70.7 Å². The Morgan fingerprint density at radius 2 is 1.96 bits per heavy atom. The summed E-state index contributed by atoms with van der Waals surface area (Å²) in [6, 6.07) is 15.4. The van der Waals surface area contributed by atoms with Gasteiger partial charge in [0, 0.05) is 11.1 Å². The van der Waals surface area contributed by atoms with Gasteiger partial charge in [0.25, 0.3) is 0 Å². The summed E-state index contributed by atoms with van der Waals surface area (Å²) in [5.41, 5.74) is 5.39. The zero-order valence-corrected chi connectivity index (χ0v) is 15.3. The lowest BCUT2D eigenvalue weighted by Gasteiger charge is -2.24. The molecule has 0 saturated heterocycles. The fourth-order valence-electron chi connectivity index (χ4n) is 2.81. The van der Waals surface area contributed by atoms with Gasteiger partial charge in [-0.15, -0.1) is 11.3 Å². The highest BCUT2D eigenvalue weighted by atomic mass is 32.1. The van der Waals surface area contributed by atoms with Crippen molar-refractivity contribution < 1.29 is 4.79 Å². The molecule has 0 fully saturated rings. The van der Waals surface area contributed by atoms with Crippen LogP contribution in [0.1, 0.15) is 19.4 Å². The molecule has 26 heavy (non-hydrogen) atoms. The molecule has 0 aliphatic rings. The highest BCUT2D eigenvalue weighted by Gasteiger charge is 2.29. The summed E-state index contributed by atoms with van der Waals surface area (Å²) in [7, 11) is 0. The molecule has 4 aromatic rings. The molecule has 4 rings (SSSR count). The number of imidazole rings is 1. The molecule has 0 atom stereocenters. The summed E-state index contributed by atoms with van der Waals surface area (Å²) in [6.45, 7) is 3.85. The van der Waals surface area contributed by atoms with Crippen LogP contribution in [0.4, 0.5) is 5.69 Å². The second-order valence-electron chi connectivity index (χ2n) is 6.64. The number of nitrogens with one attached hydrogen (secondary N) is 2. The van der Waals surface area contributed by atoms with E-state index in [2.05, 4.69) is 20.3 Å². The monoisotopic (exact) mass is 362 g/mol. The van der Waals surface area contributed by atoms with E-state index >= 15 is 0 Å². The number of rotatable bonds is 4. The Kier molecular flexibility index (Phi) is 4.05. The van der Waals surface area contributed by atoms with E-state index in [4.69, 9.17) is 0 Å². The van der Waals surface area contributed by atoms with Crippen molar-refractivity contribution >= 4 is 34.0 Å². The van der Waals surface area contributed by atoms with Gasteiger partial charge < -0.3 is 10.3 Å². The van der Waals surface area contributed by atoms with E-state index < -0.39 is 5.41 Å².